The van der Waals surface area contributed by atoms with Crippen molar-refractivity contribution < 1.29 is 14.7 Å². The van der Waals surface area contributed by atoms with Crippen LogP contribution in [0.3, 0.4) is 0 Å². The van der Waals surface area contributed by atoms with Crippen molar-refractivity contribution in [2.24, 2.45) is 0 Å². The SMILES string of the molecule is CC(=O)CC(=O)O.CCNc1ccc(C#N)cc1. The van der Waals surface area contributed by atoms with Crippen molar-refractivity contribution in [2.45, 2.75) is 20.3 Å². The summed E-state index contributed by atoms with van der Waals surface area (Å²) >= 11 is 0. The molecule has 0 saturated carbocycles. The minimum Gasteiger partial charge on any atom is -0.481 e. The minimum atomic E-state index is -1.06. The summed E-state index contributed by atoms with van der Waals surface area (Å²) in [5.74, 6) is -1.37. The van der Waals surface area contributed by atoms with E-state index in [-0.39, 0.29) is 12.2 Å². The monoisotopic (exact) mass is 248 g/mol. The number of carbonyl (C=O) groups is 2. The van der Waals surface area contributed by atoms with Crippen LogP contribution in [0.5, 0.6) is 0 Å². The molecule has 0 bridgehead atoms. The molecule has 1 rings (SSSR count). The van der Waals surface area contributed by atoms with Crippen molar-refractivity contribution in [1.29, 1.82) is 5.26 Å². The van der Waals surface area contributed by atoms with Crippen molar-refractivity contribution in [1.82, 2.24) is 0 Å². The van der Waals surface area contributed by atoms with E-state index < -0.39 is 5.97 Å². The maximum absolute atomic E-state index is 9.87. The van der Waals surface area contributed by atoms with E-state index in [1.807, 2.05) is 19.1 Å². The number of hydrogen-bond donors (Lipinski definition) is 2. The molecule has 1 aromatic rings. The molecule has 0 saturated heterocycles. The van der Waals surface area contributed by atoms with Gasteiger partial charge in [0.15, 0.2) is 0 Å². The molecule has 0 spiro atoms. The van der Waals surface area contributed by atoms with Crippen molar-refractivity contribution in [3.8, 4) is 6.07 Å². The first-order chi connectivity index (χ1) is 8.49. The molecule has 5 nitrogen and oxygen atoms in total. The lowest BCUT2D eigenvalue weighted by molar-refractivity contribution is -0.139. The summed E-state index contributed by atoms with van der Waals surface area (Å²) < 4.78 is 0. The minimum absolute atomic E-state index is 0.312. The number of nitrogens with zero attached hydrogens (tertiary/aromatic N) is 1. The van der Waals surface area contributed by atoms with E-state index in [0.717, 1.165) is 12.2 Å². The Hall–Kier alpha value is -2.35. The molecule has 5 heteroatoms. The number of nitriles is 1. The van der Waals surface area contributed by atoms with Crippen molar-refractivity contribution in [3.05, 3.63) is 29.8 Å². The predicted octanol–water partition coefficient (Wildman–Crippen LogP) is 2.04. The standard InChI is InChI=1S/C9H10N2.C4H6O3/c1-2-11-9-5-3-8(7-10)4-6-9;1-3(5)2-4(6)7/h3-6,11H,2H2,1H3;2H2,1H3,(H,6,7). The van der Waals surface area contributed by atoms with E-state index in [2.05, 4.69) is 11.4 Å². The normalized spacial score (nSPS) is 8.50. The van der Waals surface area contributed by atoms with Crippen LogP contribution in [0.2, 0.25) is 0 Å². The Labute approximate surface area is 106 Å². The maximum atomic E-state index is 9.87. The molecule has 1 aromatic carbocycles. The summed E-state index contributed by atoms with van der Waals surface area (Å²) in [4.78, 5) is 19.5. The lowest BCUT2D eigenvalue weighted by Gasteiger charge is -2.00. The lowest BCUT2D eigenvalue weighted by atomic mass is 10.2. The molecule has 0 radical (unpaired) electrons. The number of Topliss-reactive ketones (excluding diaryl/α,β-unsaturated/α-hetero) is 1. The molecule has 0 aliphatic heterocycles. The molecule has 0 fully saturated rings. The Morgan fingerprint density at radius 2 is 1.89 bits per heavy atom. The number of carboxylic acids is 1. The van der Waals surface area contributed by atoms with E-state index in [1.54, 1.807) is 12.1 Å². The highest BCUT2D eigenvalue weighted by Crippen LogP contribution is 2.07. The van der Waals surface area contributed by atoms with Gasteiger partial charge in [-0.05, 0) is 38.1 Å². The van der Waals surface area contributed by atoms with E-state index in [0.29, 0.717) is 5.56 Å². The van der Waals surface area contributed by atoms with E-state index >= 15 is 0 Å². The second-order valence-corrected chi connectivity index (χ2v) is 3.49. The first kappa shape index (κ1) is 15.7. The highest BCUT2D eigenvalue weighted by Gasteiger charge is 1.98. The van der Waals surface area contributed by atoms with Crippen LogP contribution in [0.25, 0.3) is 0 Å². The van der Waals surface area contributed by atoms with Gasteiger partial charge in [0.05, 0.1) is 11.6 Å². The molecule has 0 aliphatic carbocycles. The Balaban J connectivity index is 0.000000360. The molecule has 18 heavy (non-hydrogen) atoms. The second kappa shape index (κ2) is 8.76. The van der Waals surface area contributed by atoms with Gasteiger partial charge in [0.2, 0.25) is 0 Å². The summed E-state index contributed by atoms with van der Waals surface area (Å²) in [5, 5.41) is 19.5. The Morgan fingerprint density at radius 3 is 2.17 bits per heavy atom. The third kappa shape index (κ3) is 7.88. The summed E-state index contributed by atoms with van der Waals surface area (Å²) in [6.07, 6.45) is -0.361. The Kier molecular flexibility index (Phi) is 7.62. The fraction of sp³-hybridized carbons (Fsp3) is 0.308. The van der Waals surface area contributed by atoms with Crippen LogP contribution in [-0.2, 0) is 9.59 Å². The second-order valence-electron chi connectivity index (χ2n) is 3.49. The third-order valence-corrected chi connectivity index (χ3v) is 1.80. The maximum Gasteiger partial charge on any atom is 0.310 e. The smallest absolute Gasteiger partial charge is 0.310 e. The van der Waals surface area contributed by atoms with Gasteiger partial charge in [-0.1, -0.05) is 0 Å². The van der Waals surface area contributed by atoms with Crippen LogP contribution in [0, 0.1) is 11.3 Å². The summed E-state index contributed by atoms with van der Waals surface area (Å²) in [5.41, 5.74) is 1.76. The van der Waals surface area contributed by atoms with Gasteiger partial charge in [0.1, 0.15) is 12.2 Å². The van der Waals surface area contributed by atoms with Gasteiger partial charge in [-0.15, -0.1) is 0 Å². The molecule has 0 amide bonds. The molecular formula is C13H16N2O3. The first-order valence-electron chi connectivity index (χ1n) is 5.44. The highest BCUT2D eigenvalue weighted by atomic mass is 16.4. The zero-order chi connectivity index (χ0) is 14.0. The van der Waals surface area contributed by atoms with Gasteiger partial charge in [-0.3, -0.25) is 9.59 Å². The number of benzene rings is 1. The molecule has 0 aromatic heterocycles. The largest absolute Gasteiger partial charge is 0.481 e. The van der Waals surface area contributed by atoms with Gasteiger partial charge in [-0.25, -0.2) is 0 Å². The van der Waals surface area contributed by atoms with Gasteiger partial charge in [-0.2, -0.15) is 5.26 Å². The zero-order valence-electron chi connectivity index (χ0n) is 10.4. The van der Waals surface area contributed by atoms with E-state index in [1.165, 1.54) is 6.92 Å². The van der Waals surface area contributed by atoms with Crippen molar-refractivity contribution >= 4 is 17.4 Å². The van der Waals surface area contributed by atoms with E-state index in [4.69, 9.17) is 10.4 Å². The summed E-state index contributed by atoms with van der Waals surface area (Å²) in [6, 6.07) is 9.49. The quantitative estimate of drug-likeness (QED) is 0.796. The van der Waals surface area contributed by atoms with Gasteiger partial charge in [0.25, 0.3) is 0 Å². The Bertz CT molecular complexity index is 421. The number of carboxylic acid groups (broad SMARTS) is 1. The molecule has 0 heterocycles. The van der Waals surface area contributed by atoms with Crippen molar-refractivity contribution in [3.63, 3.8) is 0 Å². The van der Waals surface area contributed by atoms with Crippen molar-refractivity contribution in [2.75, 3.05) is 11.9 Å². The number of rotatable bonds is 4. The van der Waals surface area contributed by atoms with Crippen LogP contribution in [0.4, 0.5) is 5.69 Å². The van der Waals surface area contributed by atoms with Gasteiger partial charge in [0, 0.05) is 12.2 Å². The van der Waals surface area contributed by atoms with Crippen LogP contribution in [-0.4, -0.2) is 23.4 Å². The number of carbonyl (C=O) groups excluding carboxylic acids is 1. The van der Waals surface area contributed by atoms with E-state index in [9.17, 15) is 9.59 Å². The summed E-state index contributed by atoms with van der Waals surface area (Å²) in [7, 11) is 0. The lowest BCUT2D eigenvalue weighted by Crippen LogP contribution is -2.00. The molecule has 0 unspecified atom stereocenters. The number of hydrogen-bond acceptors (Lipinski definition) is 4. The van der Waals surface area contributed by atoms with Crippen LogP contribution in [0.15, 0.2) is 24.3 Å². The van der Waals surface area contributed by atoms with Crippen LogP contribution < -0.4 is 5.32 Å². The van der Waals surface area contributed by atoms with Crippen LogP contribution in [0.1, 0.15) is 25.8 Å². The van der Waals surface area contributed by atoms with Crippen LogP contribution >= 0.6 is 0 Å². The fourth-order valence-electron chi connectivity index (χ4n) is 1.08. The van der Waals surface area contributed by atoms with Gasteiger partial charge >= 0.3 is 5.97 Å². The molecule has 2 N–H and O–H groups in total. The molecule has 96 valence electrons. The first-order valence-corrected chi connectivity index (χ1v) is 5.44. The average Bonchev–Trinajstić information content (AvgIpc) is 2.29. The average molecular weight is 248 g/mol. The Morgan fingerprint density at radius 1 is 1.33 bits per heavy atom. The number of aliphatic carboxylic acids is 1. The predicted molar refractivity (Wildman–Crippen MR) is 68.3 cm³/mol. The number of anilines is 1. The summed E-state index contributed by atoms with van der Waals surface area (Å²) in [6.45, 7) is 4.19. The fourth-order valence-corrected chi connectivity index (χ4v) is 1.08. The third-order valence-electron chi connectivity index (χ3n) is 1.80. The zero-order valence-corrected chi connectivity index (χ0v) is 10.4. The highest BCUT2D eigenvalue weighted by molar-refractivity contribution is 5.93. The topological polar surface area (TPSA) is 90.2 Å². The van der Waals surface area contributed by atoms with Gasteiger partial charge < -0.3 is 10.4 Å². The molecule has 0 aliphatic rings. The number of ketones is 1. The number of nitrogens with one attached hydrogen (secondary N) is 1. The molecular weight excluding hydrogens is 232 g/mol. The molecule has 0 atom stereocenters.